The molecule has 31 heavy (non-hydrogen) atoms. The van der Waals surface area contributed by atoms with Crippen LogP contribution >= 0.6 is 23.2 Å². The van der Waals surface area contributed by atoms with Gasteiger partial charge in [0.1, 0.15) is 10.4 Å². The largest absolute Gasteiger partial charge is 0.326 e. The molecule has 5 nitrogen and oxygen atoms in total. The second-order valence-electron chi connectivity index (χ2n) is 7.60. The summed E-state index contributed by atoms with van der Waals surface area (Å²) in [6, 6.07) is 14.6. The minimum atomic E-state index is -3.94. The molecule has 0 aliphatic heterocycles. The first-order chi connectivity index (χ1) is 14.7. The number of aromatic nitrogens is 2. The number of nitrogens with one attached hydrogen (secondary N) is 1. The van der Waals surface area contributed by atoms with Crippen LogP contribution in [-0.2, 0) is 16.6 Å². The predicted molar refractivity (Wildman–Crippen MR) is 127 cm³/mol. The molecule has 4 rings (SSSR count). The molecule has 0 aliphatic carbocycles. The molecule has 0 radical (unpaired) electrons. The Balaban J connectivity index is 1.79. The average molecular weight is 474 g/mol. The molecule has 1 aromatic heterocycles. The van der Waals surface area contributed by atoms with Crippen LogP contribution in [0.4, 0.5) is 5.69 Å². The second-order valence-corrected chi connectivity index (χ2v) is 10.1. The molecular formula is C23H21Cl2N3O2S. The molecule has 0 amide bonds. The molecule has 160 valence electrons. The topological polar surface area (TPSA) is 64.0 Å². The Bertz CT molecular complexity index is 1410. The predicted octanol–water partition coefficient (Wildman–Crippen LogP) is 6.12. The van der Waals surface area contributed by atoms with Gasteiger partial charge in [-0.2, -0.15) is 0 Å². The van der Waals surface area contributed by atoms with Crippen LogP contribution in [-0.4, -0.2) is 18.0 Å². The van der Waals surface area contributed by atoms with Gasteiger partial charge in [-0.05, 0) is 61.7 Å². The number of hydrogen-bond donors (Lipinski definition) is 1. The van der Waals surface area contributed by atoms with E-state index in [1.54, 1.807) is 6.33 Å². The summed E-state index contributed by atoms with van der Waals surface area (Å²) < 4.78 is 30.9. The number of hydrogen-bond acceptors (Lipinski definition) is 3. The fraction of sp³-hybridized carbons (Fsp3) is 0.174. The quantitative estimate of drug-likeness (QED) is 0.379. The van der Waals surface area contributed by atoms with E-state index >= 15 is 0 Å². The highest BCUT2D eigenvalue weighted by Crippen LogP contribution is 2.33. The molecule has 0 saturated carbocycles. The molecule has 4 aromatic rings. The Morgan fingerprint density at radius 2 is 1.81 bits per heavy atom. The van der Waals surface area contributed by atoms with Gasteiger partial charge in [0.25, 0.3) is 10.0 Å². The zero-order chi connectivity index (χ0) is 22.3. The van der Waals surface area contributed by atoms with E-state index in [9.17, 15) is 8.42 Å². The number of anilines is 1. The maximum atomic E-state index is 13.1. The van der Waals surface area contributed by atoms with Crippen molar-refractivity contribution in [3.63, 3.8) is 0 Å². The van der Waals surface area contributed by atoms with E-state index in [0.29, 0.717) is 22.8 Å². The highest BCUT2D eigenvalue weighted by atomic mass is 35.5. The zero-order valence-corrected chi connectivity index (χ0v) is 19.6. The Kier molecular flexibility index (Phi) is 5.73. The first-order valence-corrected chi connectivity index (χ1v) is 11.9. The molecule has 0 saturated heterocycles. The van der Waals surface area contributed by atoms with Crippen LogP contribution in [0.15, 0.2) is 59.8 Å². The highest BCUT2D eigenvalue weighted by Gasteiger charge is 2.22. The van der Waals surface area contributed by atoms with Gasteiger partial charge in [0.15, 0.2) is 0 Å². The standard InChI is InChI=1S/C23H21Cl2N3O2S/c1-14-5-4-6-17(9-14)12-28-13-26-23-20(28)10-15(2)16(3)22(23)27-31(29,30)21-8-7-18(24)11-19(21)25/h4-11,13,27H,12H2,1-3H3. The Labute approximate surface area is 191 Å². The summed E-state index contributed by atoms with van der Waals surface area (Å²) in [4.78, 5) is 4.50. The van der Waals surface area contributed by atoms with Gasteiger partial charge in [-0.3, -0.25) is 4.72 Å². The third kappa shape index (κ3) is 4.28. The number of halogens is 2. The minimum absolute atomic E-state index is 0.0354. The Morgan fingerprint density at radius 3 is 2.52 bits per heavy atom. The summed E-state index contributed by atoms with van der Waals surface area (Å²) in [5.41, 5.74) is 5.98. The lowest BCUT2D eigenvalue weighted by Gasteiger charge is -2.15. The van der Waals surface area contributed by atoms with Crippen LogP contribution in [0.1, 0.15) is 22.3 Å². The Morgan fingerprint density at radius 1 is 1.03 bits per heavy atom. The van der Waals surface area contributed by atoms with E-state index < -0.39 is 10.0 Å². The van der Waals surface area contributed by atoms with E-state index in [2.05, 4.69) is 34.8 Å². The number of imidazole rings is 1. The first-order valence-electron chi connectivity index (χ1n) is 9.64. The molecule has 1 N–H and O–H groups in total. The molecule has 1 heterocycles. The summed E-state index contributed by atoms with van der Waals surface area (Å²) in [5, 5.41) is 0.430. The van der Waals surface area contributed by atoms with Crippen LogP contribution in [0.2, 0.25) is 10.0 Å². The normalized spacial score (nSPS) is 11.8. The molecule has 0 unspecified atom stereocenters. The van der Waals surface area contributed by atoms with Crippen molar-refractivity contribution in [3.8, 4) is 0 Å². The van der Waals surface area contributed by atoms with Crippen LogP contribution in [0.5, 0.6) is 0 Å². The van der Waals surface area contributed by atoms with Crippen molar-refractivity contribution >= 4 is 49.9 Å². The Hall–Kier alpha value is -2.54. The van der Waals surface area contributed by atoms with Gasteiger partial charge in [-0.25, -0.2) is 13.4 Å². The van der Waals surface area contributed by atoms with Gasteiger partial charge in [0.2, 0.25) is 0 Å². The summed E-state index contributed by atoms with van der Waals surface area (Å²) in [7, 11) is -3.94. The molecule has 0 atom stereocenters. The minimum Gasteiger partial charge on any atom is -0.326 e. The van der Waals surface area contributed by atoms with Crippen molar-refractivity contribution in [1.82, 2.24) is 9.55 Å². The molecule has 0 aliphatic rings. The van der Waals surface area contributed by atoms with E-state index in [4.69, 9.17) is 23.2 Å². The summed E-state index contributed by atoms with van der Waals surface area (Å²) >= 11 is 12.1. The van der Waals surface area contributed by atoms with Crippen molar-refractivity contribution in [2.45, 2.75) is 32.2 Å². The van der Waals surface area contributed by atoms with Gasteiger partial charge < -0.3 is 4.57 Å². The van der Waals surface area contributed by atoms with Gasteiger partial charge in [-0.1, -0.05) is 53.0 Å². The molecule has 3 aromatic carbocycles. The van der Waals surface area contributed by atoms with Crippen molar-refractivity contribution in [2.24, 2.45) is 0 Å². The monoisotopic (exact) mass is 473 g/mol. The van der Waals surface area contributed by atoms with Crippen molar-refractivity contribution in [1.29, 1.82) is 0 Å². The maximum Gasteiger partial charge on any atom is 0.263 e. The number of fused-ring (bicyclic) bond motifs is 1. The lowest BCUT2D eigenvalue weighted by molar-refractivity contribution is 0.601. The van der Waals surface area contributed by atoms with E-state index in [-0.39, 0.29) is 9.92 Å². The van der Waals surface area contributed by atoms with Gasteiger partial charge in [0.05, 0.1) is 22.6 Å². The van der Waals surface area contributed by atoms with E-state index in [1.807, 2.05) is 30.5 Å². The number of benzene rings is 3. The van der Waals surface area contributed by atoms with Crippen molar-refractivity contribution < 1.29 is 8.42 Å². The van der Waals surface area contributed by atoms with Crippen LogP contribution in [0.3, 0.4) is 0 Å². The second kappa shape index (κ2) is 8.19. The van der Waals surface area contributed by atoms with E-state index in [0.717, 1.165) is 22.2 Å². The van der Waals surface area contributed by atoms with Gasteiger partial charge in [0, 0.05) is 11.6 Å². The van der Waals surface area contributed by atoms with Gasteiger partial charge in [-0.15, -0.1) is 0 Å². The fourth-order valence-corrected chi connectivity index (χ4v) is 5.47. The van der Waals surface area contributed by atoms with Crippen LogP contribution in [0.25, 0.3) is 11.0 Å². The molecule has 0 bridgehead atoms. The molecule has 8 heteroatoms. The SMILES string of the molecule is Cc1cccc(Cn2cnc3c(NS(=O)(=O)c4ccc(Cl)cc4Cl)c(C)c(C)cc32)c1. The smallest absolute Gasteiger partial charge is 0.263 e. The zero-order valence-electron chi connectivity index (χ0n) is 17.3. The number of sulfonamides is 1. The first kappa shape index (κ1) is 21.7. The third-order valence-electron chi connectivity index (χ3n) is 5.29. The number of rotatable bonds is 5. The molecular weight excluding hydrogens is 453 g/mol. The summed E-state index contributed by atoms with van der Waals surface area (Å²) in [6.45, 7) is 6.51. The fourth-order valence-electron chi connectivity index (χ4n) is 3.56. The highest BCUT2D eigenvalue weighted by molar-refractivity contribution is 7.92. The van der Waals surface area contributed by atoms with Gasteiger partial charge >= 0.3 is 0 Å². The van der Waals surface area contributed by atoms with Crippen molar-refractivity contribution in [2.75, 3.05) is 4.72 Å². The van der Waals surface area contributed by atoms with E-state index in [1.165, 1.54) is 23.8 Å². The summed E-state index contributed by atoms with van der Waals surface area (Å²) in [5.74, 6) is 0. The average Bonchev–Trinajstić information content (AvgIpc) is 3.07. The maximum absolute atomic E-state index is 13.1. The van der Waals surface area contributed by atoms with Crippen LogP contribution in [0, 0.1) is 20.8 Å². The number of aryl methyl sites for hydroxylation is 2. The number of nitrogens with zero attached hydrogens (tertiary/aromatic N) is 2. The lowest BCUT2D eigenvalue weighted by atomic mass is 10.1. The lowest BCUT2D eigenvalue weighted by Crippen LogP contribution is -2.15. The molecule has 0 fully saturated rings. The molecule has 0 spiro atoms. The summed E-state index contributed by atoms with van der Waals surface area (Å²) in [6.07, 6.45) is 1.74. The van der Waals surface area contributed by atoms with Crippen LogP contribution < -0.4 is 4.72 Å². The third-order valence-corrected chi connectivity index (χ3v) is 7.36. The van der Waals surface area contributed by atoms with Crippen molar-refractivity contribution in [3.05, 3.63) is 87.2 Å².